The van der Waals surface area contributed by atoms with Gasteiger partial charge in [0.25, 0.3) is 0 Å². The Kier molecular flexibility index (Phi) is 2.71. The minimum absolute atomic E-state index is 0.330. The maximum atomic E-state index is 12.0. The second-order valence-electron chi connectivity index (χ2n) is 5.58. The summed E-state index contributed by atoms with van der Waals surface area (Å²) < 4.78 is 24.0. The van der Waals surface area contributed by atoms with E-state index in [1.807, 2.05) is 12.1 Å². The number of nitrogens with zero attached hydrogens (tertiary/aromatic N) is 1. The largest absolute Gasteiger partial charge is 0.389 e. The van der Waals surface area contributed by atoms with Crippen molar-refractivity contribution in [2.45, 2.75) is 48.2 Å². The Morgan fingerprint density at radius 3 is 2.33 bits per heavy atom. The molecule has 1 N–H and O–H groups in total. The van der Waals surface area contributed by atoms with Crippen molar-refractivity contribution in [3.05, 3.63) is 30.1 Å². The lowest BCUT2D eigenvalue weighted by Crippen LogP contribution is -2.46. The van der Waals surface area contributed by atoms with Gasteiger partial charge in [-0.05, 0) is 43.4 Å². The Morgan fingerprint density at radius 1 is 1.22 bits per heavy atom. The molecule has 98 valence electrons. The van der Waals surface area contributed by atoms with Crippen molar-refractivity contribution in [2.75, 3.05) is 0 Å². The van der Waals surface area contributed by atoms with Gasteiger partial charge in [0.05, 0.1) is 16.1 Å². The third-order valence-electron chi connectivity index (χ3n) is 4.24. The Morgan fingerprint density at radius 2 is 1.78 bits per heavy atom. The van der Waals surface area contributed by atoms with E-state index in [1.54, 1.807) is 12.4 Å². The molecule has 3 heterocycles. The van der Waals surface area contributed by atoms with E-state index in [0.29, 0.717) is 32.1 Å². The zero-order valence-corrected chi connectivity index (χ0v) is 10.9. The SMILES string of the molecule is O=S1(=O)C2CCC1CC(O)(Cc1ccncc1)C2. The van der Waals surface area contributed by atoms with Gasteiger partial charge in [-0.3, -0.25) is 4.98 Å². The van der Waals surface area contributed by atoms with Crippen molar-refractivity contribution < 1.29 is 13.5 Å². The van der Waals surface area contributed by atoms with Crippen molar-refractivity contribution >= 4 is 9.84 Å². The first-order valence-electron chi connectivity index (χ1n) is 6.34. The fraction of sp³-hybridized carbons (Fsp3) is 0.615. The zero-order valence-electron chi connectivity index (χ0n) is 10.1. The van der Waals surface area contributed by atoms with Gasteiger partial charge < -0.3 is 5.11 Å². The molecule has 0 radical (unpaired) electrons. The third kappa shape index (κ3) is 1.95. The van der Waals surface area contributed by atoms with Crippen molar-refractivity contribution in [1.29, 1.82) is 0 Å². The predicted octanol–water partition coefficient (Wildman–Crippen LogP) is 1.09. The number of pyridine rings is 1. The van der Waals surface area contributed by atoms with Gasteiger partial charge in [-0.2, -0.15) is 0 Å². The van der Waals surface area contributed by atoms with Gasteiger partial charge in [-0.15, -0.1) is 0 Å². The van der Waals surface area contributed by atoms with E-state index in [4.69, 9.17) is 0 Å². The van der Waals surface area contributed by atoms with Crippen LogP contribution in [-0.2, 0) is 16.3 Å². The Hall–Kier alpha value is -0.940. The Labute approximate surface area is 107 Å². The van der Waals surface area contributed by atoms with Crippen LogP contribution < -0.4 is 0 Å². The van der Waals surface area contributed by atoms with E-state index in [9.17, 15) is 13.5 Å². The van der Waals surface area contributed by atoms with E-state index in [2.05, 4.69) is 4.98 Å². The average molecular weight is 267 g/mol. The average Bonchev–Trinajstić information content (AvgIpc) is 2.51. The highest BCUT2D eigenvalue weighted by atomic mass is 32.2. The molecular formula is C13H17NO3S. The molecule has 0 saturated carbocycles. The number of hydrogen-bond acceptors (Lipinski definition) is 4. The van der Waals surface area contributed by atoms with Gasteiger partial charge in [0.15, 0.2) is 9.84 Å². The summed E-state index contributed by atoms with van der Waals surface area (Å²) in [6, 6.07) is 3.76. The first kappa shape index (κ1) is 12.1. The summed E-state index contributed by atoms with van der Waals surface area (Å²) in [4.78, 5) is 3.95. The molecule has 0 aromatic carbocycles. The molecule has 1 aromatic heterocycles. The lowest BCUT2D eigenvalue weighted by atomic mass is 9.87. The van der Waals surface area contributed by atoms with Crippen LogP contribution in [0.3, 0.4) is 0 Å². The van der Waals surface area contributed by atoms with Crippen LogP contribution in [-0.4, -0.2) is 34.6 Å². The smallest absolute Gasteiger partial charge is 0.156 e. The Balaban J connectivity index is 1.82. The summed E-state index contributed by atoms with van der Waals surface area (Å²) in [6.45, 7) is 0. The van der Waals surface area contributed by atoms with Gasteiger partial charge in [0, 0.05) is 18.8 Å². The molecule has 5 heteroatoms. The van der Waals surface area contributed by atoms with Crippen LogP contribution in [0.1, 0.15) is 31.2 Å². The molecule has 1 aromatic rings. The van der Waals surface area contributed by atoms with Crippen LogP contribution in [0.25, 0.3) is 0 Å². The van der Waals surface area contributed by atoms with Crippen LogP contribution in [0, 0.1) is 0 Å². The molecule has 18 heavy (non-hydrogen) atoms. The normalized spacial score (nSPS) is 37.6. The molecule has 2 bridgehead atoms. The maximum Gasteiger partial charge on any atom is 0.156 e. The lowest BCUT2D eigenvalue weighted by Gasteiger charge is -2.36. The monoisotopic (exact) mass is 267 g/mol. The van der Waals surface area contributed by atoms with Crippen LogP contribution in [0.4, 0.5) is 0 Å². The van der Waals surface area contributed by atoms with E-state index in [1.165, 1.54) is 0 Å². The van der Waals surface area contributed by atoms with Gasteiger partial charge in [-0.25, -0.2) is 8.42 Å². The van der Waals surface area contributed by atoms with E-state index in [0.717, 1.165) is 5.56 Å². The van der Waals surface area contributed by atoms with Crippen LogP contribution in [0.15, 0.2) is 24.5 Å². The summed E-state index contributed by atoms with van der Waals surface area (Å²) >= 11 is 0. The van der Waals surface area contributed by atoms with Crippen LogP contribution in [0.2, 0.25) is 0 Å². The van der Waals surface area contributed by atoms with Gasteiger partial charge in [-0.1, -0.05) is 0 Å². The Bertz CT molecular complexity index is 521. The highest BCUT2D eigenvalue weighted by Gasteiger charge is 2.52. The van der Waals surface area contributed by atoms with E-state index < -0.39 is 15.4 Å². The minimum Gasteiger partial charge on any atom is -0.389 e. The van der Waals surface area contributed by atoms with E-state index >= 15 is 0 Å². The maximum absolute atomic E-state index is 12.0. The lowest BCUT2D eigenvalue weighted by molar-refractivity contribution is 0.0219. The summed E-state index contributed by atoms with van der Waals surface area (Å²) in [7, 11) is -2.96. The molecule has 2 fully saturated rings. The third-order valence-corrected chi connectivity index (χ3v) is 6.90. The highest BCUT2D eigenvalue weighted by Crippen LogP contribution is 2.44. The summed E-state index contributed by atoms with van der Waals surface area (Å²) in [5.41, 5.74) is 0.157. The number of hydrogen-bond donors (Lipinski definition) is 1. The van der Waals surface area contributed by atoms with Crippen LogP contribution >= 0.6 is 0 Å². The number of fused-ring (bicyclic) bond motifs is 2. The van der Waals surface area contributed by atoms with Gasteiger partial charge >= 0.3 is 0 Å². The second kappa shape index (κ2) is 4.03. The quantitative estimate of drug-likeness (QED) is 0.871. The minimum atomic E-state index is -2.96. The van der Waals surface area contributed by atoms with Crippen molar-refractivity contribution in [3.8, 4) is 0 Å². The molecule has 4 nitrogen and oxygen atoms in total. The number of aliphatic hydroxyl groups is 1. The number of aromatic nitrogens is 1. The standard InChI is InChI=1S/C13H17NO3S/c15-13(7-10-3-5-14-6-4-10)8-11-1-2-12(9-13)18(11,16)17/h3-6,11-12,15H,1-2,7-9H2. The molecule has 3 rings (SSSR count). The topological polar surface area (TPSA) is 67.3 Å². The summed E-state index contributed by atoms with van der Waals surface area (Å²) in [6.07, 6.45) is 6.12. The van der Waals surface area contributed by atoms with Crippen LogP contribution in [0.5, 0.6) is 0 Å². The zero-order chi connectivity index (χ0) is 12.8. The predicted molar refractivity (Wildman–Crippen MR) is 67.9 cm³/mol. The number of rotatable bonds is 2. The first-order valence-corrected chi connectivity index (χ1v) is 7.95. The molecule has 2 atom stereocenters. The van der Waals surface area contributed by atoms with Gasteiger partial charge in [0.1, 0.15) is 0 Å². The summed E-state index contributed by atoms with van der Waals surface area (Å²) in [5.74, 6) is 0. The first-order chi connectivity index (χ1) is 8.50. The molecule has 2 unspecified atom stereocenters. The summed E-state index contributed by atoms with van der Waals surface area (Å²) in [5, 5.41) is 9.99. The molecule has 2 aliphatic rings. The second-order valence-corrected chi connectivity index (χ2v) is 8.09. The molecule has 2 saturated heterocycles. The molecule has 0 aliphatic carbocycles. The molecule has 0 amide bonds. The van der Waals surface area contributed by atoms with Crippen molar-refractivity contribution in [1.82, 2.24) is 4.98 Å². The fourth-order valence-electron chi connectivity index (χ4n) is 3.36. The van der Waals surface area contributed by atoms with E-state index in [-0.39, 0.29) is 10.5 Å². The highest BCUT2D eigenvalue weighted by molar-refractivity contribution is 7.93. The number of sulfone groups is 1. The van der Waals surface area contributed by atoms with Gasteiger partial charge in [0.2, 0.25) is 0 Å². The van der Waals surface area contributed by atoms with Crippen molar-refractivity contribution in [2.24, 2.45) is 0 Å². The molecular weight excluding hydrogens is 250 g/mol. The molecule has 0 spiro atoms. The molecule has 2 aliphatic heterocycles. The fourth-order valence-corrected chi connectivity index (χ4v) is 5.92. The van der Waals surface area contributed by atoms with Crippen molar-refractivity contribution in [3.63, 3.8) is 0 Å².